The predicted octanol–water partition coefficient (Wildman–Crippen LogP) is -2.64. The Kier molecular flexibility index (Phi) is 321. The molecule has 0 aromatic heterocycles. The van der Waals surface area contributed by atoms with Crippen LogP contribution in [0.4, 0.5) is 0 Å². The van der Waals surface area contributed by atoms with Gasteiger partial charge in [-0.25, -0.2) is 0 Å². The molecule has 5 heavy (non-hydrogen) atoms. The van der Waals surface area contributed by atoms with Gasteiger partial charge in [-0.05, 0) is 11.0 Å². The third-order valence-electron chi connectivity index (χ3n) is 0. The monoisotopic (exact) mass is 220 g/mol. The molecule has 0 saturated heterocycles. The van der Waals surface area contributed by atoms with Crippen molar-refractivity contribution in [3.63, 3.8) is 0 Å². The van der Waals surface area contributed by atoms with Crippen LogP contribution in [0, 0.1) is 0 Å². The Balaban J connectivity index is 0. The summed E-state index contributed by atoms with van der Waals surface area (Å²) in [6.45, 7) is 0. The zero-order chi connectivity index (χ0) is 0. The summed E-state index contributed by atoms with van der Waals surface area (Å²) in [5.74, 6) is 0. The molecule has 0 spiro atoms. The molecule has 34 valence electrons. The molecular weight excluding hydrogens is 214 g/mol. The number of hydrogen-bond donors (Lipinski definition) is 0. The molecule has 0 fully saturated rings. The van der Waals surface area contributed by atoms with Crippen LogP contribution in [-0.2, 0) is 55.6 Å². The molecular formula is H7AlCrNiSiTi. The second-order valence-corrected chi connectivity index (χ2v) is 0. The van der Waals surface area contributed by atoms with Crippen molar-refractivity contribution in [2.45, 2.75) is 0 Å². The standard InChI is InChI=1S/Al.Cr.Ni.H4Si.Ti.3H/h;;;1H4;;;;. The van der Waals surface area contributed by atoms with E-state index in [-0.39, 0.29) is 83.9 Å². The normalized spacial score (nSPS) is 0. The average Bonchev–Trinajstić information content (AvgIpc) is 0. The molecule has 0 aliphatic carbocycles. The largest absolute Gasteiger partial charge is 0.187 e. The van der Waals surface area contributed by atoms with Crippen LogP contribution in [0.3, 0.4) is 0 Å². The van der Waals surface area contributed by atoms with Gasteiger partial charge in [0.1, 0.15) is 0 Å². The Morgan fingerprint density at radius 2 is 1.00 bits per heavy atom. The zero-order valence-corrected chi connectivity index (χ0v) is 5.05. The minimum absolute atomic E-state index is 0. The first kappa shape index (κ1) is 50.9. The van der Waals surface area contributed by atoms with Crippen LogP contribution < -0.4 is 0 Å². The number of rotatable bonds is 0. The van der Waals surface area contributed by atoms with E-state index in [1.165, 1.54) is 0 Å². The SMILES string of the molecule is [AlH3].[Cr].[Ni].[SiH4].[Ti]. The van der Waals surface area contributed by atoms with E-state index >= 15 is 0 Å². The smallest absolute Gasteiger partial charge is 0.0149 e. The third-order valence-corrected chi connectivity index (χ3v) is 0. The van der Waals surface area contributed by atoms with Gasteiger partial charge in [0, 0.05) is 55.6 Å². The van der Waals surface area contributed by atoms with E-state index in [1.807, 2.05) is 0 Å². The topological polar surface area (TPSA) is 0 Å². The van der Waals surface area contributed by atoms with E-state index in [1.54, 1.807) is 0 Å². The Labute approximate surface area is 82.9 Å². The van der Waals surface area contributed by atoms with Gasteiger partial charge < -0.3 is 0 Å². The summed E-state index contributed by atoms with van der Waals surface area (Å²) >= 11 is 0. The maximum absolute atomic E-state index is 0. The molecule has 0 bridgehead atoms. The molecule has 0 aliphatic heterocycles. The van der Waals surface area contributed by atoms with Crippen molar-refractivity contribution < 1.29 is 55.6 Å². The summed E-state index contributed by atoms with van der Waals surface area (Å²) in [5.41, 5.74) is 0. The van der Waals surface area contributed by atoms with Crippen LogP contribution >= 0.6 is 0 Å². The van der Waals surface area contributed by atoms with Crippen LogP contribution in [-0.4, -0.2) is 28.3 Å². The fourth-order valence-corrected chi connectivity index (χ4v) is 0. The molecule has 0 N–H and O–H groups in total. The minimum atomic E-state index is 0. The van der Waals surface area contributed by atoms with E-state index in [9.17, 15) is 0 Å². The van der Waals surface area contributed by atoms with Crippen LogP contribution in [0.5, 0.6) is 0 Å². The molecule has 0 saturated carbocycles. The summed E-state index contributed by atoms with van der Waals surface area (Å²) in [7, 11) is 0. The molecule has 0 radical (unpaired) electrons. The quantitative estimate of drug-likeness (QED) is 0.392. The van der Waals surface area contributed by atoms with Gasteiger partial charge in [-0.3, -0.25) is 0 Å². The summed E-state index contributed by atoms with van der Waals surface area (Å²) in [5, 5.41) is 0. The van der Waals surface area contributed by atoms with Gasteiger partial charge in [0.25, 0.3) is 0 Å². The van der Waals surface area contributed by atoms with Crippen LogP contribution in [0.25, 0.3) is 0 Å². The van der Waals surface area contributed by atoms with Gasteiger partial charge in [-0.1, -0.05) is 0 Å². The molecule has 0 heterocycles. The Bertz CT molecular complexity index is 11.6. The average molecular weight is 221 g/mol. The van der Waals surface area contributed by atoms with E-state index in [2.05, 4.69) is 0 Å². The first-order valence-corrected chi connectivity index (χ1v) is 0. The molecule has 0 unspecified atom stereocenters. The van der Waals surface area contributed by atoms with Crippen LogP contribution in [0.15, 0.2) is 0 Å². The van der Waals surface area contributed by atoms with E-state index in [0.717, 1.165) is 0 Å². The maximum atomic E-state index is 0. The molecule has 0 atom stereocenters. The van der Waals surface area contributed by atoms with Gasteiger partial charge in [-0.2, -0.15) is 0 Å². The first-order chi connectivity index (χ1) is 0. The van der Waals surface area contributed by atoms with Crippen LogP contribution in [0.2, 0.25) is 0 Å². The fraction of sp³-hybridized carbons (Fsp3) is 0. The molecule has 0 aromatic carbocycles. The summed E-state index contributed by atoms with van der Waals surface area (Å²) < 4.78 is 0. The summed E-state index contributed by atoms with van der Waals surface area (Å²) in [4.78, 5) is 0. The number of hydrogen-bond acceptors (Lipinski definition) is 0. The van der Waals surface area contributed by atoms with Crippen molar-refractivity contribution in [1.82, 2.24) is 0 Å². The zero-order valence-electron chi connectivity index (χ0n) is 1.22. The van der Waals surface area contributed by atoms with E-state index < -0.39 is 0 Å². The molecule has 0 aromatic rings. The van der Waals surface area contributed by atoms with Crippen molar-refractivity contribution in [3.8, 4) is 0 Å². The van der Waals surface area contributed by atoms with Gasteiger partial charge in [0.05, 0.1) is 0 Å². The van der Waals surface area contributed by atoms with Gasteiger partial charge in [0.2, 0.25) is 0 Å². The van der Waals surface area contributed by atoms with Crippen molar-refractivity contribution in [1.29, 1.82) is 0 Å². The summed E-state index contributed by atoms with van der Waals surface area (Å²) in [6, 6.07) is 0. The molecule has 0 aliphatic rings. The summed E-state index contributed by atoms with van der Waals surface area (Å²) in [6.07, 6.45) is 0. The van der Waals surface area contributed by atoms with Crippen molar-refractivity contribution in [3.05, 3.63) is 0 Å². The van der Waals surface area contributed by atoms with Gasteiger partial charge >= 0.3 is 0 Å². The second-order valence-electron chi connectivity index (χ2n) is 0. The maximum Gasteiger partial charge on any atom is 0.187 e. The third kappa shape index (κ3) is 21.1. The van der Waals surface area contributed by atoms with E-state index in [4.69, 9.17) is 0 Å². The van der Waals surface area contributed by atoms with Crippen LogP contribution in [0.1, 0.15) is 0 Å². The second kappa shape index (κ2) is 31.6. The van der Waals surface area contributed by atoms with Gasteiger partial charge in [-0.15, -0.1) is 0 Å². The predicted molar refractivity (Wildman–Crippen MR) is 21.3 cm³/mol. The first-order valence-electron chi connectivity index (χ1n) is 0. The molecule has 5 heteroatoms. The molecule has 0 nitrogen and oxygen atoms in total. The molecule has 0 amide bonds. The Morgan fingerprint density at radius 3 is 1.00 bits per heavy atom. The van der Waals surface area contributed by atoms with E-state index in [0.29, 0.717) is 0 Å². The van der Waals surface area contributed by atoms with Crippen molar-refractivity contribution in [2.24, 2.45) is 0 Å². The van der Waals surface area contributed by atoms with Crippen molar-refractivity contribution >= 4 is 28.3 Å². The fourth-order valence-electron chi connectivity index (χ4n) is 0. The minimum Gasteiger partial charge on any atom is -0.0149 e. The van der Waals surface area contributed by atoms with Gasteiger partial charge in [0.15, 0.2) is 17.4 Å². The van der Waals surface area contributed by atoms with Crippen molar-refractivity contribution in [2.75, 3.05) is 0 Å². The molecule has 0 rings (SSSR count). The Morgan fingerprint density at radius 1 is 1.00 bits per heavy atom. The Hall–Kier alpha value is 2.49.